The summed E-state index contributed by atoms with van der Waals surface area (Å²) in [4.78, 5) is 18.1. The number of carbonyl (C=O) groups excluding carboxylic acids is 1. The van der Waals surface area contributed by atoms with Gasteiger partial charge in [-0.15, -0.1) is 0 Å². The van der Waals surface area contributed by atoms with Crippen LogP contribution >= 0.6 is 0 Å². The Morgan fingerprint density at radius 3 is 2.45 bits per heavy atom. The van der Waals surface area contributed by atoms with Crippen molar-refractivity contribution >= 4 is 15.9 Å². The van der Waals surface area contributed by atoms with Gasteiger partial charge in [-0.1, -0.05) is 12.1 Å². The molecule has 180 valence electrons. The van der Waals surface area contributed by atoms with Crippen LogP contribution in [0.5, 0.6) is 0 Å². The average Bonchev–Trinajstić information content (AvgIpc) is 3.52. The van der Waals surface area contributed by atoms with Gasteiger partial charge in [-0.25, -0.2) is 31.3 Å². The Labute approximate surface area is 190 Å². The van der Waals surface area contributed by atoms with Crippen molar-refractivity contribution in [2.75, 3.05) is 13.2 Å². The molecule has 1 saturated heterocycles. The lowest BCUT2D eigenvalue weighted by Gasteiger charge is -2.35. The van der Waals surface area contributed by atoms with Crippen LogP contribution in [-0.4, -0.2) is 55.4 Å². The van der Waals surface area contributed by atoms with Crippen molar-refractivity contribution in [3.05, 3.63) is 36.9 Å². The molecule has 1 amide bonds. The average molecular weight is 486 g/mol. The maximum atomic E-state index is 13.9. The lowest BCUT2D eigenvalue weighted by atomic mass is 9.85. The van der Waals surface area contributed by atoms with Gasteiger partial charge in [-0.2, -0.15) is 0 Å². The highest BCUT2D eigenvalue weighted by atomic mass is 32.2. The smallest absolute Gasteiger partial charge is 0.295 e. The third-order valence-corrected chi connectivity index (χ3v) is 8.03. The Hall–Kier alpha value is -2.40. The van der Waals surface area contributed by atoms with E-state index in [4.69, 9.17) is 4.42 Å². The van der Waals surface area contributed by atoms with Gasteiger partial charge in [-0.05, 0) is 50.7 Å². The number of halogens is 3. The van der Waals surface area contributed by atoms with E-state index in [1.165, 1.54) is 24.8 Å². The number of hydrogen-bond donors (Lipinski definition) is 1. The maximum Gasteiger partial charge on any atom is 0.295 e. The number of oxazole rings is 1. The first kappa shape index (κ1) is 23.7. The minimum absolute atomic E-state index is 0.0905. The van der Waals surface area contributed by atoms with Gasteiger partial charge >= 0.3 is 0 Å². The third kappa shape index (κ3) is 5.08. The zero-order valence-electron chi connectivity index (χ0n) is 17.9. The zero-order chi connectivity index (χ0) is 23.6. The quantitative estimate of drug-likeness (QED) is 0.645. The zero-order valence-corrected chi connectivity index (χ0v) is 18.7. The number of rotatable bonds is 7. The lowest BCUT2D eigenvalue weighted by Crippen LogP contribution is -2.50. The number of alkyl halides is 3. The third-order valence-electron chi connectivity index (χ3n) is 6.49. The van der Waals surface area contributed by atoms with E-state index >= 15 is 0 Å². The van der Waals surface area contributed by atoms with Gasteiger partial charge in [0.2, 0.25) is 15.9 Å². The van der Waals surface area contributed by atoms with Crippen LogP contribution in [0.25, 0.3) is 11.3 Å². The Kier molecular flexibility index (Phi) is 6.81. The normalized spacial score (nSPS) is 24.2. The molecule has 7 nitrogen and oxygen atoms in total. The topological polar surface area (TPSA) is 92.5 Å². The van der Waals surface area contributed by atoms with Crippen molar-refractivity contribution in [1.29, 1.82) is 0 Å². The monoisotopic (exact) mass is 485 g/mol. The Morgan fingerprint density at radius 2 is 1.85 bits per heavy atom. The van der Waals surface area contributed by atoms with Crippen LogP contribution in [-0.2, 0) is 14.8 Å². The van der Waals surface area contributed by atoms with E-state index < -0.39 is 34.6 Å². The SMILES string of the molecule is O=C(C1CCC(NS(=O)(=O)c2ccc(-c3cocn3)cc2)CC1)N1CCC[C@@H]1C(F)(F)CF. The molecule has 2 fully saturated rings. The molecule has 1 aliphatic carbocycles. The van der Waals surface area contributed by atoms with E-state index in [0.29, 0.717) is 37.8 Å². The molecular weight excluding hydrogens is 459 g/mol. The van der Waals surface area contributed by atoms with E-state index in [1.807, 2.05) is 0 Å². The van der Waals surface area contributed by atoms with Crippen LogP contribution in [0.3, 0.4) is 0 Å². The van der Waals surface area contributed by atoms with E-state index in [2.05, 4.69) is 9.71 Å². The number of carbonyl (C=O) groups is 1. The largest absolute Gasteiger partial charge is 0.451 e. The summed E-state index contributed by atoms with van der Waals surface area (Å²) in [5.41, 5.74) is 1.32. The molecule has 33 heavy (non-hydrogen) atoms. The highest BCUT2D eigenvalue weighted by molar-refractivity contribution is 7.89. The second-order valence-electron chi connectivity index (χ2n) is 8.65. The molecule has 0 radical (unpaired) electrons. The first-order chi connectivity index (χ1) is 15.7. The molecule has 1 aliphatic heterocycles. The van der Waals surface area contributed by atoms with Crippen molar-refractivity contribution in [3.8, 4) is 11.3 Å². The molecule has 4 rings (SSSR count). The highest BCUT2D eigenvalue weighted by Crippen LogP contribution is 2.35. The van der Waals surface area contributed by atoms with Crippen molar-refractivity contribution in [2.24, 2.45) is 5.92 Å². The molecule has 0 bridgehead atoms. The molecule has 2 aromatic rings. The van der Waals surface area contributed by atoms with Gasteiger partial charge in [0.1, 0.15) is 12.0 Å². The second kappa shape index (κ2) is 9.46. The summed E-state index contributed by atoms with van der Waals surface area (Å²) in [5, 5.41) is 0. The predicted octanol–water partition coefficient (Wildman–Crippen LogP) is 3.77. The number of nitrogens with zero attached hydrogens (tertiary/aromatic N) is 2. The predicted molar refractivity (Wildman–Crippen MR) is 114 cm³/mol. The van der Waals surface area contributed by atoms with Crippen LogP contribution in [0.15, 0.2) is 46.2 Å². The van der Waals surface area contributed by atoms with Crippen molar-refractivity contribution in [3.63, 3.8) is 0 Å². The molecule has 2 aliphatic rings. The molecule has 1 aromatic carbocycles. The summed E-state index contributed by atoms with van der Waals surface area (Å²) >= 11 is 0. The number of sulfonamides is 1. The van der Waals surface area contributed by atoms with E-state index in [0.717, 1.165) is 10.5 Å². The first-order valence-corrected chi connectivity index (χ1v) is 12.4. The Bertz CT molecular complexity index is 1050. The van der Waals surface area contributed by atoms with Gasteiger partial charge in [0.15, 0.2) is 13.1 Å². The van der Waals surface area contributed by atoms with Gasteiger partial charge in [0.25, 0.3) is 5.92 Å². The van der Waals surface area contributed by atoms with Gasteiger partial charge in [0.05, 0.1) is 10.9 Å². The van der Waals surface area contributed by atoms with Crippen LogP contribution < -0.4 is 4.72 Å². The van der Waals surface area contributed by atoms with Crippen LogP contribution in [0.4, 0.5) is 13.2 Å². The first-order valence-electron chi connectivity index (χ1n) is 11.0. The van der Waals surface area contributed by atoms with Gasteiger partial charge < -0.3 is 9.32 Å². The molecule has 1 saturated carbocycles. The molecule has 1 aromatic heterocycles. The molecule has 1 atom stereocenters. The number of likely N-dealkylation sites (tertiary alicyclic amines) is 1. The summed E-state index contributed by atoms with van der Waals surface area (Å²) in [6, 6.07) is 4.51. The standard InChI is InChI=1S/C22H26F3N3O4S/c23-13-22(24,25)20-2-1-11-28(20)21(29)16-3-7-17(8-4-16)27-33(30,31)18-9-5-15(6-10-18)19-12-32-14-26-19/h5-6,9-10,12,14,16-17,20,27H,1-4,7-8,11,13H2/t16?,17?,20-/m1/s1. The number of aromatic nitrogens is 1. The van der Waals surface area contributed by atoms with Crippen LogP contribution in [0.2, 0.25) is 0 Å². The van der Waals surface area contributed by atoms with Crippen LogP contribution in [0, 0.1) is 5.92 Å². The molecule has 1 N–H and O–H groups in total. The molecule has 2 heterocycles. The second-order valence-corrected chi connectivity index (χ2v) is 10.4. The van der Waals surface area contributed by atoms with Crippen LogP contribution in [0.1, 0.15) is 38.5 Å². The van der Waals surface area contributed by atoms with E-state index in [-0.39, 0.29) is 29.8 Å². The highest BCUT2D eigenvalue weighted by Gasteiger charge is 2.48. The minimum Gasteiger partial charge on any atom is -0.451 e. The van der Waals surface area contributed by atoms with Crippen molar-refractivity contribution in [1.82, 2.24) is 14.6 Å². The Balaban J connectivity index is 1.34. The fourth-order valence-electron chi connectivity index (χ4n) is 4.70. The maximum absolute atomic E-state index is 13.9. The minimum atomic E-state index is -3.76. The lowest BCUT2D eigenvalue weighted by molar-refractivity contribution is -0.148. The molecule has 11 heteroatoms. The molecule has 0 unspecified atom stereocenters. The number of benzene rings is 1. The fraction of sp³-hybridized carbons (Fsp3) is 0.545. The molecule has 0 spiro atoms. The van der Waals surface area contributed by atoms with E-state index in [1.54, 1.807) is 12.1 Å². The summed E-state index contributed by atoms with van der Waals surface area (Å²) in [6.45, 7) is -1.58. The number of amides is 1. The molecular formula is C22H26F3N3O4S. The Morgan fingerprint density at radius 1 is 1.15 bits per heavy atom. The summed E-state index contributed by atoms with van der Waals surface area (Å²) in [7, 11) is -3.76. The van der Waals surface area contributed by atoms with Gasteiger partial charge in [-0.3, -0.25) is 4.79 Å². The summed E-state index contributed by atoms with van der Waals surface area (Å²) in [6.07, 6.45) is 4.89. The van der Waals surface area contributed by atoms with Gasteiger partial charge in [0, 0.05) is 24.1 Å². The summed E-state index contributed by atoms with van der Waals surface area (Å²) in [5.74, 6) is -4.37. The van der Waals surface area contributed by atoms with E-state index in [9.17, 15) is 26.4 Å². The summed E-state index contributed by atoms with van der Waals surface area (Å²) < 4.78 is 73.7. The van der Waals surface area contributed by atoms with Crippen molar-refractivity contribution in [2.45, 2.75) is 61.4 Å². The van der Waals surface area contributed by atoms with Crippen molar-refractivity contribution < 1.29 is 30.8 Å². The number of hydrogen-bond acceptors (Lipinski definition) is 5. The number of nitrogens with one attached hydrogen (secondary N) is 1. The fourth-order valence-corrected chi connectivity index (χ4v) is 6.00.